The summed E-state index contributed by atoms with van der Waals surface area (Å²) in [6.45, 7) is 7.23. The maximum atomic E-state index is 9.11. The minimum Gasteiger partial charge on any atom is -0.395 e. The average molecular weight is 189 g/mol. The topological polar surface area (TPSA) is 41.5 Å². The molecule has 0 rings (SSSR count). The van der Waals surface area contributed by atoms with E-state index in [1.165, 1.54) is 0 Å². The molecule has 0 radical (unpaired) electrons. The number of ether oxygens (including phenoxy) is 1. The minimum absolute atomic E-state index is 0.181. The number of aliphatic hydroxyl groups is 1. The van der Waals surface area contributed by atoms with Crippen LogP contribution in [0.15, 0.2) is 0 Å². The van der Waals surface area contributed by atoms with Gasteiger partial charge in [0.05, 0.1) is 13.2 Å². The number of hydrogen-bond acceptors (Lipinski definition) is 3. The predicted octanol–water partition coefficient (Wildman–Crippen LogP) is 1.02. The van der Waals surface area contributed by atoms with E-state index in [9.17, 15) is 0 Å². The Balaban J connectivity index is 3.87. The lowest BCUT2D eigenvalue weighted by molar-refractivity contribution is 0.135. The summed E-state index contributed by atoms with van der Waals surface area (Å²) in [5.41, 5.74) is 0. The van der Waals surface area contributed by atoms with Gasteiger partial charge in [0.1, 0.15) is 0 Å². The fraction of sp³-hybridized carbons (Fsp3) is 1.00. The SMILES string of the molecule is CCC(COC)NC(CO)C(C)C. The molecule has 2 unspecified atom stereocenters. The Labute approximate surface area is 81.5 Å². The number of nitrogens with one attached hydrogen (secondary N) is 1. The van der Waals surface area contributed by atoms with Gasteiger partial charge in [-0.1, -0.05) is 20.8 Å². The van der Waals surface area contributed by atoms with Crippen molar-refractivity contribution < 1.29 is 9.84 Å². The highest BCUT2D eigenvalue weighted by molar-refractivity contribution is 4.74. The van der Waals surface area contributed by atoms with E-state index in [1.54, 1.807) is 7.11 Å². The van der Waals surface area contributed by atoms with Crippen LogP contribution in [0.4, 0.5) is 0 Å². The van der Waals surface area contributed by atoms with Gasteiger partial charge in [0.2, 0.25) is 0 Å². The summed E-state index contributed by atoms with van der Waals surface area (Å²) in [6, 6.07) is 0.532. The maximum absolute atomic E-state index is 9.11. The van der Waals surface area contributed by atoms with Crippen molar-refractivity contribution in [1.82, 2.24) is 5.32 Å². The lowest BCUT2D eigenvalue weighted by Gasteiger charge is -2.25. The molecule has 0 saturated heterocycles. The normalized spacial score (nSPS) is 16.2. The lowest BCUT2D eigenvalue weighted by atomic mass is 10.0. The van der Waals surface area contributed by atoms with Crippen LogP contribution in [0.5, 0.6) is 0 Å². The van der Waals surface area contributed by atoms with Gasteiger partial charge in [-0.2, -0.15) is 0 Å². The largest absolute Gasteiger partial charge is 0.395 e. The van der Waals surface area contributed by atoms with Crippen molar-refractivity contribution in [3.05, 3.63) is 0 Å². The number of methoxy groups -OCH3 is 1. The Hall–Kier alpha value is -0.120. The van der Waals surface area contributed by atoms with E-state index in [2.05, 4.69) is 26.1 Å². The third kappa shape index (κ3) is 5.24. The zero-order valence-corrected chi connectivity index (χ0v) is 9.21. The van der Waals surface area contributed by atoms with Gasteiger partial charge in [-0.15, -0.1) is 0 Å². The Kier molecular flexibility index (Phi) is 7.23. The van der Waals surface area contributed by atoms with Gasteiger partial charge >= 0.3 is 0 Å². The summed E-state index contributed by atoms with van der Waals surface area (Å²) in [7, 11) is 1.70. The third-order valence-electron chi connectivity index (χ3n) is 2.31. The second kappa shape index (κ2) is 7.30. The second-order valence-electron chi connectivity index (χ2n) is 3.76. The van der Waals surface area contributed by atoms with Crippen LogP contribution in [0.3, 0.4) is 0 Å². The molecule has 0 heterocycles. The van der Waals surface area contributed by atoms with Crippen LogP contribution in [0.1, 0.15) is 27.2 Å². The maximum Gasteiger partial charge on any atom is 0.0615 e. The van der Waals surface area contributed by atoms with Crippen LogP contribution < -0.4 is 5.32 Å². The Morgan fingerprint density at radius 2 is 2.00 bits per heavy atom. The summed E-state index contributed by atoms with van der Waals surface area (Å²) in [5, 5.41) is 12.5. The fourth-order valence-corrected chi connectivity index (χ4v) is 1.24. The predicted molar refractivity (Wildman–Crippen MR) is 54.8 cm³/mol. The summed E-state index contributed by atoms with van der Waals surface area (Å²) >= 11 is 0. The highest BCUT2D eigenvalue weighted by Gasteiger charge is 2.15. The standard InChI is InChI=1S/C10H23NO2/c1-5-9(7-13-4)11-10(6-12)8(2)3/h8-12H,5-7H2,1-4H3. The van der Waals surface area contributed by atoms with Crippen LogP contribution in [0.2, 0.25) is 0 Å². The van der Waals surface area contributed by atoms with Crippen molar-refractivity contribution in [3.8, 4) is 0 Å². The van der Waals surface area contributed by atoms with Crippen LogP contribution in [-0.4, -0.2) is 37.5 Å². The van der Waals surface area contributed by atoms with Crippen molar-refractivity contribution in [3.63, 3.8) is 0 Å². The Morgan fingerprint density at radius 1 is 1.38 bits per heavy atom. The molecule has 0 aliphatic carbocycles. The van der Waals surface area contributed by atoms with E-state index in [1.807, 2.05) is 0 Å². The molecule has 0 aromatic rings. The molecule has 2 atom stereocenters. The Bertz CT molecular complexity index is 117. The smallest absolute Gasteiger partial charge is 0.0615 e. The zero-order valence-electron chi connectivity index (χ0n) is 9.21. The molecule has 0 amide bonds. The van der Waals surface area contributed by atoms with Gasteiger partial charge < -0.3 is 15.2 Å². The fourth-order valence-electron chi connectivity index (χ4n) is 1.24. The molecule has 3 heteroatoms. The van der Waals surface area contributed by atoms with Crippen molar-refractivity contribution in [2.45, 2.75) is 39.3 Å². The first kappa shape index (κ1) is 12.9. The summed E-state index contributed by atoms with van der Waals surface area (Å²) in [4.78, 5) is 0. The molecule has 0 spiro atoms. The van der Waals surface area contributed by atoms with Crippen molar-refractivity contribution in [2.75, 3.05) is 20.3 Å². The van der Waals surface area contributed by atoms with E-state index < -0.39 is 0 Å². The molecule has 0 saturated carbocycles. The highest BCUT2D eigenvalue weighted by atomic mass is 16.5. The molecule has 13 heavy (non-hydrogen) atoms. The van der Waals surface area contributed by atoms with Gasteiger partial charge in [-0.05, 0) is 12.3 Å². The minimum atomic E-state index is 0.181. The van der Waals surface area contributed by atoms with E-state index in [4.69, 9.17) is 9.84 Å². The van der Waals surface area contributed by atoms with Gasteiger partial charge in [0.15, 0.2) is 0 Å². The first-order valence-corrected chi connectivity index (χ1v) is 5.01. The van der Waals surface area contributed by atoms with Gasteiger partial charge in [0, 0.05) is 19.2 Å². The van der Waals surface area contributed by atoms with Crippen LogP contribution >= 0.6 is 0 Å². The molecule has 2 N–H and O–H groups in total. The van der Waals surface area contributed by atoms with Crippen LogP contribution in [-0.2, 0) is 4.74 Å². The molecule has 0 aromatic heterocycles. The molecule has 0 aromatic carbocycles. The summed E-state index contributed by atoms with van der Waals surface area (Å²) < 4.78 is 5.08. The number of rotatable bonds is 7. The summed E-state index contributed by atoms with van der Waals surface area (Å²) in [5.74, 6) is 0.455. The highest BCUT2D eigenvalue weighted by Crippen LogP contribution is 2.03. The van der Waals surface area contributed by atoms with Crippen molar-refractivity contribution >= 4 is 0 Å². The molecule has 0 aliphatic rings. The van der Waals surface area contributed by atoms with Crippen molar-refractivity contribution in [2.24, 2.45) is 5.92 Å². The summed E-state index contributed by atoms with van der Waals surface area (Å²) in [6.07, 6.45) is 1.02. The quantitative estimate of drug-likeness (QED) is 0.628. The third-order valence-corrected chi connectivity index (χ3v) is 2.31. The van der Waals surface area contributed by atoms with Crippen LogP contribution in [0, 0.1) is 5.92 Å². The molecular weight excluding hydrogens is 166 g/mol. The average Bonchev–Trinajstić information content (AvgIpc) is 2.11. The Morgan fingerprint density at radius 3 is 2.31 bits per heavy atom. The zero-order chi connectivity index (χ0) is 10.3. The van der Waals surface area contributed by atoms with Gasteiger partial charge in [-0.3, -0.25) is 0 Å². The first-order chi connectivity index (χ1) is 6.15. The van der Waals surface area contributed by atoms with E-state index in [0.717, 1.165) is 6.42 Å². The van der Waals surface area contributed by atoms with Gasteiger partial charge in [0.25, 0.3) is 0 Å². The monoisotopic (exact) mass is 189 g/mol. The molecule has 3 nitrogen and oxygen atoms in total. The first-order valence-electron chi connectivity index (χ1n) is 5.01. The van der Waals surface area contributed by atoms with E-state index >= 15 is 0 Å². The molecular formula is C10H23NO2. The van der Waals surface area contributed by atoms with E-state index in [0.29, 0.717) is 18.6 Å². The molecule has 0 fully saturated rings. The molecule has 0 aliphatic heterocycles. The number of aliphatic hydroxyl groups excluding tert-OH is 1. The molecule has 0 bridgehead atoms. The van der Waals surface area contributed by atoms with Gasteiger partial charge in [-0.25, -0.2) is 0 Å². The van der Waals surface area contributed by atoms with Crippen LogP contribution in [0.25, 0.3) is 0 Å². The number of hydrogen-bond donors (Lipinski definition) is 2. The van der Waals surface area contributed by atoms with Crippen molar-refractivity contribution in [1.29, 1.82) is 0 Å². The lowest BCUT2D eigenvalue weighted by Crippen LogP contribution is -2.45. The second-order valence-corrected chi connectivity index (χ2v) is 3.76. The van der Waals surface area contributed by atoms with E-state index in [-0.39, 0.29) is 12.6 Å². The molecule has 80 valence electrons.